The second-order valence-electron chi connectivity index (χ2n) is 5.69. The molecule has 5 heteroatoms. The molecule has 1 fully saturated rings. The molecule has 1 N–H and O–H groups in total. The zero-order valence-corrected chi connectivity index (χ0v) is 13.4. The van der Waals surface area contributed by atoms with Gasteiger partial charge in [0.1, 0.15) is 0 Å². The van der Waals surface area contributed by atoms with Crippen LogP contribution in [0.5, 0.6) is 0 Å². The molecule has 1 saturated heterocycles. The highest BCUT2D eigenvalue weighted by atomic mass is 32.2. The number of rotatable bonds is 3. The highest BCUT2D eigenvalue weighted by molar-refractivity contribution is 7.99. The molecule has 2 aromatic carbocycles. The molecular weight excluding hydrogens is 319 g/mol. The third-order valence-corrected chi connectivity index (χ3v) is 5.21. The summed E-state index contributed by atoms with van der Waals surface area (Å²) in [4.78, 5) is 1.97. The Kier molecular flexibility index (Phi) is 4.97. The van der Waals surface area contributed by atoms with Crippen LogP contribution in [0.1, 0.15) is 29.9 Å². The van der Waals surface area contributed by atoms with E-state index in [9.17, 15) is 13.2 Å². The summed E-state index contributed by atoms with van der Waals surface area (Å²) in [6.07, 6.45) is -2.08. The summed E-state index contributed by atoms with van der Waals surface area (Å²) in [5, 5.41) is 3.36. The monoisotopic (exact) mass is 337 g/mol. The maximum Gasteiger partial charge on any atom is 0.416 e. The fraction of sp³-hybridized carbons (Fsp3) is 0.333. The largest absolute Gasteiger partial charge is 0.416 e. The third-order valence-electron chi connectivity index (χ3n) is 4.11. The van der Waals surface area contributed by atoms with E-state index in [2.05, 4.69) is 17.4 Å². The lowest BCUT2D eigenvalue weighted by molar-refractivity contribution is -0.137. The highest BCUT2D eigenvalue weighted by Crippen LogP contribution is 2.38. The van der Waals surface area contributed by atoms with Crippen molar-refractivity contribution < 1.29 is 13.2 Å². The van der Waals surface area contributed by atoms with Crippen molar-refractivity contribution in [2.45, 2.75) is 34.7 Å². The summed E-state index contributed by atoms with van der Waals surface area (Å²) in [5.74, 6) is 0.523. The zero-order chi connectivity index (χ0) is 16.3. The number of alkyl halides is 3. The Morgan fingerprint density at radius 2 is 1.57 bits per heavy atom. The summed E-state index contributed by atoms with van der Waals surface area (Å²) < 4.78 is 37.9. The van der Waals surface area contributed by atoms with Crippen LogP contribution in [0.15, 0.2) is 58.3 Å². The van der Waals surface area contributed by atoms with Crippen molar-refractivity contribution in [2.24, 2.45) is 0 Å². The number of halogens is 3. The normalized spacial score (nSPS) is 16.5. The van der Waals surface area contributed by atoms with Crippen LogP contribution < -0.4 is 5.32 Å². The summed E-state index contributed by atoms with van der Waals surface area (Å²) in [6.45, 7) is 2.04. The van der Waals surface area contributed by atoms with Crippen LogP contribution in [0.4, 0.5) is 13.2 Å². The summed E-state index contributed by atoms with van der Waals surface area (Å²) in [6, 6.07) is 13.6. The van der Waals surface area contributed by atoms with Crippen molar-refractivity contribution in [1.82, 2.24) is 5.32 Å². The SMILES string of the molecule is FC(F)(F)c1ccc(Sc2ccccc2C2CCNCC2)cc1. The molecule has 0 saturated carbocycles. The molecule has 23 heavy (non-hydrogen) atoms. The lowest BCUT2D eigenvalue weighted by atomic mass is 9.90. The van der Waals surface area contributed by atoms with Crippen LogP contribution in [0.25, 0.3) is 0 Å². The minimum Gasteiger partial charge on any atom is -0.317 e. The van der Waals surface area contributed by atoms with Gasteiger partial charge in [0.25, 0.3) is 0 Å². The van der Waals surface area contributed by atoms with E-state index >= 15 is 0 Å². The Morgan fingerprint density at radius 1 is 0.913 bits per heavy atom. The third kappa shape index (κ3) is 4.09. The highest BCUT2D eigenvalue weighted by Gasteiger charge is 2.30. The minimum atomic E-state index is -4.28. The molecule has 3 rings (SSSR count). The Morgan fingerprint density at radius 3 is 2.22 bits per heavy atom. The Balaban J connectivity index is 1.80. The maximum atomic E-state index is 12.6. The molecule has 1 nitrogen and oxygen atoms in total. The number of hydrogen-bond donors (Lipinski definition) is 1. The van der Waals surface area contributed by atoms with Gasteiger partial charge in [0.15, 0.2) is 0 Å². The van der Waals surface area contributed by atoms with E-state index in [0.717, 1.165) is 47.9 Å². The van der Waals surface area contributed by atoms with Crippen molar-refractivity contribution in [3.63, 3.8) is 0 Å². The van der Waals surface area contributed by atoms with Crippen molar-refractivity contribution in [3.8, 4) is 0 Å². The molecule has 1 aliphatic rings. The Labute approximate surface area is 138 Å². The lowest BCUT2D eigenvalue weighted by Crippen LogP contribution is -2.26. The van der Waals surface area contributed by atoms with E-state index in [1.807, 2.05) is 12.1 Å². The summed E-state index contributed by atoms with van der Waals surface area (Å²) in [5.41, 5.74) is 0.701. The molecule has 0 bridgehead atoms. The van der Waals surface area contributed by atoms with Crippen LogP contribution in [-0.4, -0.2) is 13.1 Å². The van der Waals surface area contributed by atoms with Crippen molar-refractivity contribution in [3.05, 3.63) is 59.7 Å². The first-order valence-corrected chi connectivity index (χ1v) is 8.50. The van der Waals surface area contributed by atoms with Gasteiger partial charge in [0.05, 0.1) is 5.56 Å². The molecule has 0 aliphatic carbocycles. The first kappa shape index (κ1) is 16.4. The van der Waals surface area contributed by atoms with Crippen molar-refractivity contribution >= 4 is 11.8 Å². The molecule has 0 radical (unpaired) electrons. The predicted octanol–water partition coefficient (Wildman–Crippen LogP) is 5.32. The average Bonchev–Trinajstić information content (AvgIpc) is 2.56. The molecule has 0 atom stereocenters. The molecule has 1 heterocycles. The smallest absolute Gasteiger partial charge is 0.317 e. The van der Waals surface area contributed by atoms with Gasteiger partial charge in [-0.2, -0.15) is 13.2 Å². The van der Waals surface area contributed by atoms with Gasteiger partial charge in [-0.3, -0.25) is 0 Å². The van der Waals surface area contributed by atoms with Gasteiger partial charge < -0.3 is 5.32 Å². The van der Waals surface area contributed by atoms with Crippen LogP contribution in [0.3, 0.4) is 0 Å². The first-order chi connectivity index (χ1) is 11.0. The van der Waals surface area contributed by atoms with E-state index in [1.54, 1.807) is 12.1 Å². The molecule has 0 aromatic heterocycles. The van der Waals surface area contributed by atoms with Crippen LogP contribution in [0.2, 0.25) is 0 Å². The Hall–Kier alpha value is -1.46. The van der Waals surface area contributed by atoms with Gasteiger partial charge in [-0.1, -0.05) is 30.0 Å². The topological polar surface area (TPSA) is 12.0 Å². The van der Waals surface area contributed by atoms with Gasteiger partial charge in [-0.05, 0) is 67.7 Å². The van der Waals surface area contributed by atoms with E-state index in [0.29, 0.717) is 5.92 Å². The summed E-state index contributed by atoms with van der Waals surface area (Å²) >= 11 is 1.54. The zero-order valence-electron chi connectivity index (χ0n) is 12.6. The molecule has 1 aliphatic heterocycles. The molecule has 122 valence electrons. The van der Waals surface area contributed by atoms with Gasteiger partial charge in [-0.15, -0.1) is 0 Å². The summed E-state index contributed by atoms with van der Waals surface area (Å²) in [7, 11) is 0. The molecule has 2 aromatic rings. The van der Waals surface area contributed by atoms with Crippen LogP contribution in [-0.2, 0) is 6.18 Å². The quantitative estimate of drug-likeness (QED) is 0.813. The fourth-order valence-electron chi connectivity index (χ4n) is 2.88. The maximum absolute atomic E-state index is 12.6. The number of piperidine rings is 1. The number of nitrogens with one attached hydrogen (secondary N) is 1. The fourth-order valence-corrected chi connectivity index (χ4v) is 3.91. The molecule has 0 unspecified atom stereocenters. The van der Waals surface area contributed by atoms with Crippen LogP contribution >= 0.6 is 11.8 Å². The van der Waals surface area contributed by atoms with Crippen molar-refractivity contribution in [2.75, 3.05) is 13.1 Å². The Bertz CT molecular complexity index is 646. The first-order valence-electron chi connectivity index (χ1n) is 7.69. The number of benzene rings is 2. The van der Waals surface area contributed by atoms with E-state index in [4.69, 9.17) is 0 Å². The molecule has 0 spiro atoms. The van der Waals surface area contributed by atoms with E-state index in [-0.39, 0.29) is 0 Å². The lowest BCUT2D eigenvalue weighted by Gasteiger charge is -2.25. The van der Waals surface area contributed by atoms with Crippen molar-refractivity contribution in [1.29, 1.82) is 0 Å². The van der Waals surface area contributed by atoms with Gasteiger partial charge in [-0.25, -0.2) is 0 Å². The molecule has 0 amide bonds. The number of hydrogen-bond acceptors (Lipinski definition) is 2. The van der Waals surface area contributed by atoms with Crippen LogP contribution in [0, 0.1) is 0 Å². The second kappa shape index (κ2) is 6.97. The average molecular weight is 337 g/mol. The predicted molar refractivity (Wildman–Crippen MR) is 86.9 cm³/mol. The second-order valence-corrected chi connectivity index (χ2v) is 6.80. The standard InChI is InChI=1S/C18H18F3NS/c19-18(20,21)14-5-7-15(8-6-14)23-17-4-2-1-3-16(17)13-9-11-22-12-10-13/h1-8,13,22H,9-12H2. The van der Waals surface area contributed by atoms with E-state index in [1.165, 1.54) is 17.3 Å². The molecular formula is C18H18F3NS. The van der Waals surface area contributed by atoms with Gasteiger partial charge >= 0.3 is 6.18 Å². The van der Waals surface area contributed by atoms with Gasteiger partial charge in [0.2, 0.25) is 0 Å². The van der Waals surface area contributed by atoms with Gasteiger partial charge in [0, 0.05) is 9.79 Å². The minimum absolute atomic E-state index is 0.523. The van der Waals surface area contributed by atoms with E-state index < -0.39 is 11.7 Å².